The molecule has 1 amide bonds. The van der Waals surface area contributed by atoms with Crippen LogP contribution in [0.4, 0.5) is 4.79 Å². The first kappa shape index (κ1) is 11.2. The smallest absolute Gasteiger partial charge is 0.407 e. The van der Waals surface area contributed by atoms with E-state index in [1.54, 1.807) is 0 Å². The van der Waals surface area contributed by atoms with Crippen molar-refractivity contribution in [2.75, 3.05) is 13.4 Å². The standard InChI is InChI=1S/C13H15NO4/c1-13(7-16-12(15)14-13)5-4-9-2-3-10-11(6-9)18-8-17-10/h2-3,6H,4-5,7-8H2,1H3,(H,14,15). The summed E-state index contributed by atoms with van der Waals surface area (Å²) in [4.78, 5) is 11.1. The molecule has 0 saturated carbocycles. The number of benzene rings is 1. The molecule has 2 aliphatic rings. The number of rotatable bonds is 3. The van der Waals surface area contributed by atoms with Gasteiger partial charge in [-0.15, -0.1) is 0 Å². The van der Waals surface area contributed by atoms with Gasteiger partial charge in [-0.25, -0.2) is 4.79 Å². The van der Waals surface area contributed by atoms with E-state index in [4.69, 9.17) is 14.2 Å². The molecule has 1 unspecified atom stereocenters. The number of amides is 1. The van der Waals surface area contributed by atoms with E-state index in [-0.39, 0.29) is 11.6 Å². The van der Waals surface area contributed by atoms with Crippen molar-refractivity contribution < 1.29 is 19.0 Å². The Balaban J connectivity index is 1.65. The minimum Gasteiger partial charge on any atom is -0.454 e. The van der Waals surface area contributed by atoms with E-state index < -0.39 is 0 Å². The Labute approximate surface area is 105 Å². The molecule has 0 aromatic heterocycles. The number of nitrogens with one attached hydrogen (secondary N) is 1. The predicted molar refractivity (Wildman–Crippen MR) is 63.8 cm³/mol. The molecule has 1 aromatic carbocycles. The summed E-state index contributed by atoms with van der Waals surface area (Å²) in [6, 6.07) is 5.93. The van der Waals surface area contributed by atoms with Crippen LogP contribution in [0.15, 0.2) is 18.2 Å². The van der Waals surface area contributed by atoms with Gasteiger partial charge in [-0.1, -0.05) is 6.07 Å². The van der Waals surface area contributed by atoms with Crippen molar-refractivity contribution in [3.63, 3.8) is 0 Å². The van der Waals surface area contributed by atoms with Crippen LogP contribution >= 0.6 is 0 Å². The van der Waals surface area contributed by atoms with Crippen LogP contribution in [0, 0.1) is 0 Å². The van der Waals surface area contributed by atoms with E-state index in [1.165, 1.54) is 5.56 Å². The molecular formula is C13H15NO4. The lowest BCUT2D eigenvalue weighted by atomic mass is 9.95. The number of ether oxygens (including phenoxy) is 3. The van der Waals surface area contributed by atoms with Gasteiger partial charge in [0.05, 0.1) is 5.54 Å². The van der Waals surface area contributed by atoms with E-state index in [9.17, 15) is 4.79 Å². The number of carbonyl (C=O) groups excluding carboxylic acids is 1. The van der Waals surface area contributed by atoms with Gasteiger partial charge < -0.3 is 19.5 Å². The fourth-order valence-electron chi connectivity index (χ4n) is 2.19. The Morgan fingerprint density at radius 3 is 2.89 bits per heavy atom. The molecule has 0 bridgehead atoms. The van der Waals surface area contributed by atoms with Crippen molar-refractivity contribution in [1.29, 1.82) is 0 Å². The molecular weight excluding hydrogens is 234 g/mol. The van der Waals surface area contributed by atoms with E-state index in [0.29, 0.717) is 13.4 Å². The molecule has 18 heavy (non-hydrogen) atoms. The third-order valence-electron chi connectivity index (χ3n) is 3.33. The van der Waals surface area contributed by atoms with Gasteiger partial charge in [0.1, 0.15) is 6.61 Å². The molecule has 0 aliphatic carbocycles. The topological polar surface area (TPSA) is 56.8 Å². The van der Waals surface area contributed by atoms with Crippen molar-refractivity contribution >= 4 is 6.09 Å². The fourth-order valence-corrected chi connectivity index (χ4v) is 2.19. The average Bonchev–Trinajstić information content (AvgIpc) is 2.93. The number of hydrogen-bond acceptors (Lipinski definition) is 4. The number of alkyl carbamates (subject to hydrolysis) is 1. The number of cyclic esters (lactones) is 1. The molecule has 5 heteroatoms. The van der Waals surface area contributed by atoms with Gasteiger partial charge >= 0.3 is 6.09 Å². The molecule has 1 aromatic rings. The van der Waals surface area contributed by atoms with Crippen LogP contribution in [0.25, 0.3) is 0 Å². The summed E-state index contributed by atoms with van der Waals surface area (Å²) in [5, 5.41) is 2.84. The zero-order chi connectivity index (χ0) is 12.6. The van der Waals surface area contributed by atoms with Crippen LogP contribution < -0.4 is 14.8 Å². The molecule has 1 fully saturated rings. The minimum absolute atomic E-state index is 0.270. The molecule has 2 heterocycles. The highest BCUT2D eigenvalue weighted by atomic mass is 16.7. The first-order valence-electron chi connectivity index (χ1n) is 5.98. The van der Waals surface area contributed by atoms with E-state index >= 15 is 0 Å². The highest BCUT2D eigenvalue weighted by Gasteiger charge is 2.34. The third kappa shape index (κ3) is 2.08. The lowest BCUT2D eigenvalue weighted by Gasteiger charge is -2.20. The van der Waals surface area contributed by atoms with E-state index in [0.717, 1.165) is 24.3 Å². The lowest BCUT2D eigenvalue weighted by Crippen LogP contribution is -2.40. The molecule has 0 spiro atoms. The normalized spacial score (nSPS) is 24.8. The fraction of sp³-hybridized carbons (Fsp3) is 0.462. The summed E-state index contributed by atoms with van der Waals surface area (Å²) >= 11 is 0. The molecule has 1 saturated heterocycles. The van der Waals surface area contributed by atoms with Gasteiger partial charge in [0.15, 0.2) is 11.5 Å². The Bertz CT molecular complexity index is 488. The van der Waals surface area contributed by atoms with Gasteiger partial charge in [-0.05, 0) is 37.5 Å². The Hall–Kier alpha value is -1.91. The van der Waals surface area contributed by atoms with Crippen molar-refractivity contribution in [2.24, 2.45) is 0 Å². The number of aryl methyl sites for hydroxylation is 1. The first-order valence-corrected chi connectivity index (χ1v) is 5.98. The van der Waals surface area contributed by atoms with E-state index in [1.807, 2.05) is 25.1 Å². The third-order valence-corrected chi connectivity index (χ3v) is 3.33. The number of fused-ring (bicyclic) bond motifs is 1. The second-order valence-electron chi connectivity index (χ2n) is 4.95. The van der Waals surface area contributed by atoms with Crippen LogP contribution in [-0.2, 0) is 11.2 Å². The quantitative estimate of drug-likeness (QED) is 0.888. The zero-order valence-corrected chi connectivity index (χ0v) is 10.2. The summed E-state index contributed by atoms with van der Waals surface area (Å²) < 4.78 is 15.5. The van der Waals surface area contributed by atoms with Crippen LogP contribution in [0.5, 0.6) is 11.5 Å². The maximum Gasteiger partial charge on any atom is 0.407 e. The van der Waals surface area contributed by atoms with Crippen LogP contribution in [0.3, 0.4) is 0 Å². The van der Waals surface area contributed by atoms with Gasteiger partial charge in [0.25, 0.3) is 0 Å². The molecule has 1 atom stereocenters. The second-order valence-corrected chi connectivity index (χ2v) is 4.95. The second kappa shape index (κ2) is 4.08. The molecule has 96 valence electrons. The number of hydrogen-bond donors (Lipinski definition) is 1. The SMILES string of the molecule is CC1(CCc2ccc3c(c2)OCO3)COC(=O)N1. The van der Waals surface area contributed by atoms with Crippen molar-refractivity contribution in [1.82, 2.24) is 5.32 Å². The summed E-state index contributed by atoms with van der Waals surface area (Å²) in [5.74, 6) is 1.59. The summed E-state index contributed by atoms with van der Waals surface area (Å²) in [5.41, 5.74) is 0.898. The molecule has 0 radical (unpaired) electrons. The highest BCUT2D eigenvalue weighted by molar-refractivity contribution is 5.70. The maximum atomic E-state index is 11.1. The van der Waals surface area contributed by atoms with Crippen molar-refractivity contribution in [3.8, 4) is 11.5 Å². The van der Waals surface area contributed by atoms with Gasteiger partial charge in [0.2, 0.25) is 6.79 Å². The van der Waals surface area contributed by atoms with Gasteiger partial charge in [-0.3, -0.25) is 0 Å². The van der Waals surface area contributed by atoms with Gasteiger partial charge in [-0.2, -0.15) is 0 Å². The largest absolute Gasteiger partial charge is 0.454 e. The Kier molecular flexibility index (Phi) is 2.54. The summed E-state index contributed by atoms with van der Waals surface area (Å²) in [6.45, 7) is 2.71. The Morgan fingerprint density at radius 2 is 2.11 bits per heavy atom. The minimum atomic E-state index is -0.330. The Morgan fingerprint density at radius 1 is 1.28 bits per heavy atom. The van der Waals surface area contributed by atoms with E-state index in [2.05, 4.69) is 5.32 Å². The maximum absolute atomic E-state index is 11.1. The molecule has 2 aliphatic heterocycles. The average molecular weight is 249 g/mol. The summed E-state index contributed by atoms with van der Waals surface area (Å²) in [7, 11) is 0. The molecule has 3 rings (SSSR count). The predicted octanol–water partition coefficient (Wildman–Crippen LogP) is 1.85. The van der Waals surface area contributed by atoms with Crippen molar-refractivity contribution in [2.45, 2.75) is 25.3 Å². The highest BCUT2D eigenvalue weighted by Crippen LogP contribution is 2.33. The lowest BCUT2D eigenvalue weighted by molar-refractivity contribution is 0.172. The van der Waals surface area contributed by atoms with Gasteiger partial charge in [0, 0.05) is 0 Å². The first-order chi connectivity index (χ1) is 8.65. The number of carbonyl (C=O) groups is 1. The monoisotopic (exact) mass is 249 g/mol. The van der Waals surface area contributed by atoms with Crippen LogP contribution in [-0.4, -0.2) is 25.0 Å². The molecule has 1 N–H and O–H groups in total. The molecule has 5 nitrogen and oxygen atoms in total. The zero-order valence-electron chi connectivity index (χ0n) is 10.2. The van der Waals surface area contributed by atoms with Crippen LogP contribution in [0.2, 0.25) is 0 Å². The van der Waals surface area contributed by atoms with Crippen LogP contribution in [0.1, 0.15) is 18.9 Å². The van der Waals surface area contributed by atoms with Crippen molar-refractivity contribution in [3.05, 3.63) is 23.8 Å². The summed E-state index contributed by atoms with van der Waals surface area (Å²) in [6.07, 6.45) is 1.36.